The molecule has 1 atom stereocenters. The predicted octanol–water partition coefficient (Wildman–Crippen LogP) is 2.70. The van der Waals surface area contributed by atoms with E-state index in [0.29, 0.717) is 17.9 Å². The summed E-state index contributed by atoms with van der Waals surface area (Å²) in [6, 6.07) is 7.67. The van der Waals surface area contributed by atoms with Gasteiger partial charge >= 0.3 is 0 Å². The van der Waals surface area contributed by atoms with Gasteiger partial charge in [0.25, 0.3) is 0 Å². The van der Waals surface area contributed by atoms with Gasteiger partial charge in [-0.15, -0.1) is 0 Å². The second-order valence-corrected chi connectivity index (χ2v) is 5.16. The predicted molar refractivity (Wildman–Crippen MR) is 69.9 cm³/mol. The largest absolute Gasteiger partial charge is 0.492 e. The zero-order chi connectivity index (χ0) is 12.1. The highest BCUT2D eigenvalue weighted by atomic mass is 79.9. The summed E-state index contributed by atoms with van der Waals surface area (Å²) in [5, 5.41) is 12.3. The monoisotopic (exact) mass is 294 g/mol. The minimum atomic E-state index is 0.587. The molecular weight excluding hydrogens is 280 g/mol. The first-order valence-electron chi connectivity index (χ1n) is 5.83. The SMILES string of the molecule is N#Cc1cc(Br)ccc1OCCC1CCNC1. The van der Waals surface area contributed by atoms with Crippen molar-refractivity contribution in [3.05, 3.63) is 28.2 Å². The van der Waals surface area contributed by atoms with Crippen LogP contribution in [0.15, 0.2) is 22.7 Å². The quantitative estimate of drug-likeness (QED) is 0.929. The van der Waals surface area contributed by atoms with Crippen LogP contribution < -0.4 is 10.1 Å². The Hall–Kier alpha value is -1.05. The molecule has 0 aliphatic carbocycles. The minimum Gasteiger partial charge on any atom is -0.492 e. The van der Waals surface area contributed by atoms with Crippen LogP contribution in [0.5, 0.6) is 5.75 Å². The first-order chi connectivity index (χ1) is 8.29. The van der Waals surface area contributed by atoms with E-state index in [4.69, 9.17) is 10.00 Å². The second kappa shape index (κ2) is 6.04. The van der Waals surface area contributed by atoms with E-state index in [1.54, 1.807) is 6.07 Å². The molecule has 0 aromatic heterocycles. The van der Waals surface area contributed by atoms with Crippen LogP contribution in [0, 0.1) is 17.2 Å². The van der Waals surface area contributed by atoms with E-state index in [2.05, 4.69) is 27.3 Å². The number of hydrogen-bond donors (Lipinski definition) is 1. The number of ether oxygens (including phenoxy) is 1. The van der Waals surface area contributed by atoms with Crippen molar-refractivity contribution in [1.82, 2.24) is 5.32 Å². The van der Waals surface area contributed by atoms with Crippen LogP contribution in [-0.2, 0) is 0 Å². The molecule has 1 fully saturated rings. The van der Waals surface area contributed by atoms with Gasteiger partial charge < -0.3 is 10.1 Å². The number of nitrogens with zero attached hydrogens (tertiary/aromatic N) is 1. The van der Waals surface area contributed by atoms with Crippen molar-refractivity contribution in [2.75, 3.05) is 19.7 Å². The molecule has 0 saturated carbocycles. The normalized spacial score (nSPS) is 18.9. The van der Waals surface area contributed by atoms with E-state index < -0.39 is 0 Å². The third-order valence-electron chi connectivity index (χ3n) is 3.01. The smallest absolute Gasteiger partial charge is 0.137 e. The molecule has 1 heterocycles. The summed E-state index contributed by atoms with van der Waals surface area (Å²) in [6.07, 6.45) is 2.28. The van der Waals surface area contributed by atoms with Crippen molar-refractivity contribution in [3.8, 4) is 11.8 Å². The van der Waals surface area contributed by atoms with Crippen LogP contribution in [0.25, 0.3) is 0 Å². The molecule has 1 N–H and O–H groups in total. The van der Waals surface area contributed by atoms with Crippen LogP contribution in [0.3, 0.4) is 0 Å². The van der Waals surface area contributed by atoms with Gasteiger partial charge in [-0.2, -0.15) is 5.26 Å². The Morgan fingerprint density at radius 2 is 2.41 bits per heavy atom. The lowest BCUT2D eigenvalue weighted by Crippen LogP contribution is -2.11. The Kier molecular flexibility index (Phi) is 4.41. The van der Waals surface area contributed by atoms with Gasteiger partial charge in [0, 0.05) is 4.47 Å². The van der Waals surface area contributed by atoms with Crippen LogP contribution in [0.4, 0.5) is 0 Å². The van der Waals surface area contributed by atoms with E-state index in [0.717, 1.165) is 29.9 Å². The number of halogens is 1. The van der Waals surface area contributed by atoms with Gasteiger partial charge in [-0.3, -0.25) is 0 Å². The first kappa shape index (κ1) is 12.4. The Morgan fingerprint density at radius 3 is 3.12 bits per heavy atom. The molecule has 1 aliphatic rings. The molecule has 4 heteroatoms. The standard InChI is InChI=1S/C13H15BrN2O/c14-12-1-2-13(11(7-12)8-15)17-6-4-10-3-5-16-9-10/h1-2,7,10,16H,3-6,9H2. The van der Waals surface area contributed by atoms with Crippen LogP contribution in [0.2, 0.25) is 0 Å². The number of nitrogens with one attached hydrogen (secondary N) is 1. The van der Waals surface area contributed by atoms with Gasteiger partial charge in [0.2, 0.25) is 0 Å². The maximum Gasteiger partial charge on any atom is 0.137 e. The fourth-order valence-corrected chi connectivity index (χ4v) is 2.37. The van der Waals surface area contributed by atoms with Crippen molar-refractivity contribution in [3.63, 3.8) is 0 Å². The molecule has 90 valence electrons. The van der Waals surface area contributed by atoms with Crippen molar-refractivity contribution >= 4 is 15.9 Å². The average molecular weight is 295 g/mol. The molecule has 1 saturated heterocycles. The van der Waals surface area contributed by atoms with Gasteiger partial charge in [0.1, 0.15) is 11.8 Å². The average Bonchev–Trinajstić information content (AvgIpc) is 2.84. The van der Waals surface area contributed by atoms with Gasteiger partial charge in [0.15, 0.2) is 0 Å². The lowest BCUT2D eigenvalue weighted by Gasteiger charge is -2.11. The maximum atomic E-state index is 8.99. The zero-order valence-electron chi connectivity index (χ0n) is 9.58. The summed E-state index contributed by atoms with van der Waals surface area (Å²) in [5.41, 5.74) is 0.587. The van der Waals surface area contributed by atoms with Gasteiger partial charge in [-0.1, -0.05) is 15.9 Å². The van der Waals surface area contributed by atoms with Crippen LogP contribution >= 0.6 is 15.9 Å². The second-order valence-electron chi connectivity index (χ2n) is 4.25. The first-order valence-corrected chi connectivity index (χ1v) is 6.62. The topological polar surface area (TPSA) is 45.0 Å². The fourth-order valence-electron chi connectivity index (χ4n) is 2.01. The number of benzene rings is 1. The fraction of sp³-hybridized carbons (Fsp3) is 0.462. The molecular formula is C13H15BrN2O. The molecule has 1 aromatic carbocycles. The summed E-state index contributed by atoms with van der Waals surface area (Å²) in [4.78, 5) is 0. The molecule has 0 radical (unpaired) electrons. The van der Waals surface area contributed by atoms with Crippen molar-refractivity contribution in [1.29, 1.82) is 5.26 Å². The van der Waals surface area contributed by atoms with Gasteiger partial charge in [0.05, 0.1) is 12.2 Å². The Bertz CT molecular complexity index is 422. The number of hydrogen-bond acceptors (Lipinski definition) is 3. The van der Waals surface area contributed by atoms with E-state index >= 15 is 0 Å². The minimum absolute atomic E-state index is 0.587. The van der Waals surface area contributed by atoms with E-state index in [9.17, 15) is 0 Å². The molecule has 1 unspecified atom stereocenters. The summed E-state index contributed by atoms with van der Waals surface area (Å²) in [5.74, 6) is 1.40. The maximum absolute atomic E-state index is 8.99. The highest BCUT2D eigenvalue weighted by Crippen LogP contribution is 2.23. The summed E-state index contributed by atoms with van der Waals surface area (Å²) < 4.78 is 6.58. The third-order valence-corrected chi connectivity index (χ3v) is 3.50. The lowest BCUT2D eigenvalue weighted by molar-refractivity contribution is 0.283. The Morgan fingerprint density at radius 1 is 1.53 bits per heavy atom. The molecule has 1 aliphatic heterocycles. The highest BCUT2D eigenvalue weighted by molar-refractivity contribution is 9.10. The lowest BCUT2D eigenvalue weighted by atomic mass is 10.1. The molecule has 0 bridgehead atoms. The van der Waals surface area contributed by atoms with Crippen molar-refractivity contribution in [2.45, 2.75) is 12.8 Å². The molecule has 17 heavy (non-hydrogen) atoms. The van der Waals surface area contributed by atoms with Crippen molar-refractivity contribution < 1.29 is 4.74 Å². The Balaban J connectivity index is 1.88. The zero-order valence-corrected chi connectivity index (χ0v) is 11.2. The highest BCUT2D eigenvalue weighted by Gasteiger charge is 2.14. The van der Waals surface area contributed by atoms with E-state index in [1.165, 1.54) is 6.42 Å². The van der Waals surface area contributed by atoms with Crippen LogP contribution in [0.1, 0.15) is 18.4 Å². The van der Waals surface area contributed by atoms with Gasteiger partial charge in [-0.25, -0.2) is 0 Å². The summed E-state index contributed by atoms with van der Waals surface area (Å²) >= 11 is 3.34. The number of rotatable bonds is 4. The van der Waals surface area contributed by atoms with Gasteiger partial charge in [-0.05, 0) is 50.0 Å². The van der Waals surface area contributed by atoms with Crippen molar-refractivity contribution in [2.24, 2.45) is 5.92 Å². The number of nitriles is 1. The van der Waals surface area contributed by atoms with Crippen LogP contribution in [-0.4, -0.2) is 19.7 Å². The molecule has 0 spiro atoms. The van der Waals surface area contributed by atoms with E-state index in [1.807, 2.05) is 12.1 Å². The van der Waals surface area contributed by atoms with E-state index in [-0.39, 0.29) is 0 Å². The molecule has 0 amide bonds. The summed E-state index contributed by atoms with van der Waals surface area (Å²) in [6.45, 7) is 2.89. The summed E-state index contributed by atoms with van der Waals surface area (Å²) in [7, 11) is 0. The molecule has 1 aromatic rings. The molecule has 2 rings (SSSR count). The third kappa shape index (κ3) is 3.45. The Labute approximate surface area is 110 Å². The molecule has 3 nitrogen and oxygen atoms in total.